The largest absolute Gasteiger partial charge is 0.386 e. The third-order valence-corrected chi connectivity index (χ3v) is 6.27. The van der Waals surface area contributed by atoms with E-state index >= 15 is 0 Å². The molecule has 0 saturated heterocycles. The maximum Gasteiger partial charge on any atom is 0.175 e. The summed E-state index contributed by atoms with van der Waals surface area (Å²) in [5.41, 5.74) is 4.51. The minimum absolute atomic E-state index is 0.298. The fraction of sp³-hybridized carbons (Fsp3) is 0.160. The summed E-state index contributed by atoms with van der Waals surface area (Å²) < 4.78 is 23.2. The first-order chi connectivity index (χ1) is 14.6. The molecule has 0 atom stereocenters. The monoisotopic (exact) mass is 432 g/mol. The quantitative estimate of drug-likeness (QED) is 0.463. The first kappa shape index (κ1) is 21.0. The van der Waals surface area contributed by atoms with Gasteiger partial charge in [0.1, 0.15) is 5.82 Å². The summed E-state index contributed by atoms with van der Waals surface area (Å²) in [6.45, 7) is 3.56. The molecular weight excluding hydrogens is 408 g/mol. The normalized spacial score (nSPS) is 12.6. The van der Waals surface area contributed by atoms with Gasteiger partial charge in [0.25, 0.3) is 0 Å². The Bertz CT molecular complexity index is 1380. The van der Waals surface area contributed by atoms with E-state index in [-0.39, 0.29) is 0 Å². The average molecular weight is 433 g/mol. The summed E-state index contributed by atoms with van der Waals surface area (Å²) >= 11 is 0. The first-order valence-corrected chi connectivity index (χ1v) is 11.8. The maximum absolute atomic E-state index is 11.6. The van der Waals surface area contributed by atoms with Gasteiger partial charge < -0.3 is 10.1 Å². The molecular formula is C25H24N2O3S. The highest BCUT2D eigenvalue weighted by atomic mass is 32.2. The van der Waals surface area contributed by atoms with Gasteiger partial charge in [-0.3, -0.25) is 0 Å². The lowest BCUT2D eigenvalue weighted by Crippen LogP contribution is -2.16. The number of hydrogen-bond acceptors (Lipinski definition) is 4. The second-order valence-electron chi connectivity index (χ2n) is 8.13. The van der Waals surface area contributed by atoms with E-state index in [9.17, 15) is 13.5 Å². The zero-order chi connectivity index (χ0) is 22.2. The SMILES string of the molecule is CC(C)(O)c1ccccc1-c1ccc2[nH]c(C=Cc3ccc(S(C)(=O)=O)cc3)nc2c1. The number of nitrogens with zero attached hydrogens (tertiary/aromatic N) is 1. The summed E-state index contributed by atoms with van der Waals surface area (Å²) in [4.78, 5) is 8.24. The average Bonchev–Trinajstić information content (AvgIpc) is 3.13. The lowest BCUT2D eigenvalue weighted by atomic mass is 9.89. The van der Waals surface area contributed by atoms with E-state index in [1.54, 1.807) is 38.1 Å². The number of benzene rings is 3. The van der Waals surface area contributed by atoms with Crippen LogP contribution >= 0.6 is 0 Å². The van der Waals surface area contributed by atoms with Crippen LogP contribution in [0.15, 0.2) is 71.6 Å². The molecule has 0 unspecified atom stereocenters. The molecule has 1 aromatic heterocycles. The van der Waals surface area contributed by atoms with E-state index in [0.29, 0.717) is 10.7 Å². The molecule has 4 rings (SSSR count). The number of imidazole rings is 1. The molecule has 0 aliphatic rings. The predicted molar refractivity (Wildman–Crippen MR) is 125 cm³/mol. The van der Waals surface area contributed by atoms with Gasteiger partial charge >= 0.3 is 0 Å². The van der Waals surface area contributed by atoms with Gasteiger partial charge in [0, 0.05) is 6.26 Å². The van der Waals surface area contributed by atoms with Crippen molar-refractivity contribution in [1.29, 1.82) is 0 Å². The van der Waals surface area contributed by atoms with Crippen molar-refractivity contribution in [2.24, 2.45) is 0 Å². The van der Waals surface area contributed by atoms with Crippen LogP contribution in [0.1, 0.15) is 30.8 Å². The van der Waals surface area contributed by atoms with Gasteiger partial charge in [-0.2, -0.15) is 0 Å². The molecule has 1 heterocycles. The van der Waals surface area contributed by atoms with Crippen LogP contribution in [0.3, 0.4) is 0 Å². The number of rotatable bonds is 5. The number of H-pyrrole nitrogens is 1. The fourth-order valence-electron chi connectivity index (χ4n) is 3.54. The number of aromatic amines is 1. The van der Waals surface area contributed by atoms with Crippen LogP contribution in [0.2, 0.25) is 0 Å². The van der Waals surface area contributed by atoms with Crippen molar-refractivity contribution < 1.29 is 13.5 Å². The molecule has 2 N–H and O–H groups in total. The van der Waals surface area contributed by atoms with Crippen LogP contribution in [0.25, 0.3) is 34.3 Å². The van der Waals surface area contributed by atoms with E-state index in [2.05, 4.69) is 9.97 Å². The van der Waals surface area contributed by atoms with Gasteiger partial charge in [0.2, 0.25) is 0 Å². The molecule has 31 heavy (non-hydrogen) atoms. The molecule has 5 nitrogen and oxygen atoms in total. The molecule has 0 aliphatic heterocycles. The standard InChI is InChI=1S/C25H24N2O3S/c1-25(2,28)21-7-5-4-6-20(21)18-11-14-22-23(16-18)27-24(26-22)15-10-17-8-12-19(13-9-17)31(3,29)30/h4-16,28H,1-3H3,(H,26,27). The summed E-state index contributed by atoms with van der Waals surface area (Å²) in [5.74, 6) is 0.704. The smallest absolute Gasteiger partial charge is 0.175 e. The molecule has 6 heteroatoms. The Morgan fingerprint density at radius 2 is 1.68 bits per heavy atom. The maximum atomic E-state index is 11.6. The Labute approximate surface area is 182 Å². The Balaban J connectivity index is 1.64. The van der Waals surface area contributed by atoms with Crippen LogP contribution in [0.4, 0.5) is 0 Å². The van der Waals surface area contributed by atoms with Crippen LogP contribution in [0, 0.1) is 0 Å². The Morgan fingerprint density at radius 1 is 0.968 bits per heavy atom. The van der Waals surface area contributed by atoms with Gasteiger partial charge in [-0.15, -0.1) is 0 Å². The number of nitrogens with one attached hydrogen (secondary N) is 1. The number of aliphatic hydroxyl groups is 1. The summed E-state index contributed by atoms with van der Waals surface area (Å²) in [5, 5.41) is 10.5. The van der Waals surface area contributed by atoms with Crippen LogP contribution in [-0.2, 0) is 15.4 Å². The lowest BCUT2D eigenvalue weighted by molar-refractivity contribution is 0.0792. The van der Waals surface area contributed by atoms with E-state index in [1.165, 1.54) is 6.26 Å². The van der Waals surface area contributed by atoms with Crippen molar-refractivity contribution in [3.8, 4) is 11.1 Å². The summed E-state index contributed by atoms with van der Waals surface area (Å²) in [6, 6.07) is 20.6. The van der Waals surface area contributed by atoms with Crippen molar-refractivity contribution in [3.05, 3.63) is 83.7 Å². The van der Waals surface area contributed by atoms with E-state index in [0.717, 1.165) is 33.3 Å². The zero-order valence-corrected chi connectivity index (χ0v) is 18.4. The molecule has 0 aliphatic carbocycles. The third kappa shape index (κ3) is 4.60. The molecule has 3 aromatic carbocycles. The Morgan fingerprint density at radius 3 is 2.35 bits per heavy atom. The van der Waals surface area contributed by atoms with Crippen LogP contribution < -0.4 is 0 Å². The molecule has 0 amide bonds. The van der Waals surface area contributed by atoms with Gasteiger partial charge in [-0.05, 0) is 66.4 Å². The fourth-order valence-corrected chi connectivity index (χ4v) is 4.17. The van der Waals surface area contributed by atoms with Crippen molar-refractivity contribution in [2.45, 2.75) is 24.3 Å². The van der Waals surface area contributed by atoms with E-state index in [1.807, 2.05) is 54.6 Å². The highest BCUT2D eigenvalue weighted by Crippen LogP contribution is 2.32. The number of aromatic nitrogens is 2. The molecule has 4 aromatic rings. The van der Waals surface area contributed by atoms with Crippen LogP contribution in [0.5, 0.6) is 0 Å². The van der Waals surface area contributed by atoms with Crippen molar-refractivity contribution in [3.63, 3.8) is 0 Å². The second kappa shape index (κ2) is 7.80. The lowest BCUT2D eigenvalue weighted by Gasteiger charge is -2.21. The molecule has 158 valence electrons. The van der Waals surface area contributed by atoms with E-state index in [4.69, 9.17) is 0 Å². The van der Waals surface area contributed by atoms with Crippen molar-refractivity contribution >= 4 is 33.0 Å². The van der Waals surface area contributed by atoms with Crippen molar-refractivity contribution in [2.75, 3.05) is 6.26 Å². The minimum Gasteiger partial charge on any atom is -0.386 e. The summed E-state index contributed by atoms with van der Waals surface area (Å²) in [6.07, 6.45) is 4.94. The highest BCUT2D eigenvalue weighted by molar-refractivity contribution is 7.90. The first-order valence-electron chi connectivity index (χ1n) is 9.91. The Kier molecular flexibility index (Phi) is 5.29. The Hall–Kier alpha value is -3.22. The van der Waals surface area contributed by atoms with Crippen molar-refractivity contribution in [1.82, 2.24) is 9.97 Å². The van der Waals surface area contributed by atoms with E-state index < -0.39 is 15.4 Å². The second-order valence-corrected chi connectivity index (χ2v) is 10.1. The number of hydrogen-bond donors (Lipinski definition) is 2. The topological polar surface area (TPSA) is 83.0 Å². The van der Waals surface area contributed by atoms with Gasteiger partial charge in [0.15, 0.2) is 9.84 Å². The zero-order valence-electron chi connectivity index (χ0n) is 17.6. The van der Waals surface area contributed by atoms with Gasteiger partial charge in [-0.25, -0.2) is 13.4 Å². The third-order valence-electron chi connectivity index (χ3n) is 5.14. The van der Waals surface area contributed by atoms with Crippen LogP contribution in [-0.4, -0.2) is 29.7 Å². The highest BCUT2D eigenvalue weighted by Gasteiger charge is 2.20. The molecule has 0 fully saturated rings. The number of fused-ring (bicyclic) bond motifs is 1. The molecule has 0 bridgehead atoms. The molecule has 0 radical (unpaired) electrons. The van der Waals surface area contributed by atoms with Gasteiger partial charge in [0.05, 0.1) is 21.5 Å². The minimum atomic E-state index is -3.20. The van der Waals surface area contributed by atoms with Gasteiger partial charge in [-0.1, -0.05) is 48.5 Å². The summed E-state index contributed by atoms with van der Waals surface area (Å²) in [7, 11) is -3.20. The molecule has 0 spiro atoms. The number of sulfone groups is 1. The molecule has 0 saturated carbocycles. The predicted octanol–water partition coefficient (Wildman–Crippen LogP) is 5.03.